The summed E-state index contributed by atoms with van der Waals surface area (Å²) in [6.07, 6.45) is 3.30. The van der Waals surface area contributed by atoms with Crippen LogP contribution >= 0.6 is 11.6 Å². The van der Waals surface area contributed by atoms with Crippen LogP contribution in [0.5, 0.6) is 0 Å². The van der Waals surface area contributed by atoms with Gasteiger partial charge < -0.3 is 10.4 Å². The fourth-order valence-corrected chi connectivity index (χ4v) is 3.66. The van der Waals surface area contributed by atoms with E-state index < -0.39 is 5.82 Å². The van der Waals surface area contributed by atoms with E-state index in [1.54, 1.807) is 0 Å². The lowest BCUT2D eigenvalue weighted by Crippen LogP contribution is -2.47. The van der Waals surface area contributed by atoms with Crippen LogP contribution < -0.4 is 5.32 Å². The molecular formula is C15H18ClFN2O2. The molecule has 0 aromatic heterocycles. The number of hydrogen-bond donors (Lipinski definition) is 2. The van der Waals surface area contributed by atoms with Gasteiger partial charge in [-0.1, -0.05) is 11.6 Å². The number of nitrogens with zero attached hydrogens (tertiary/aromatic N) is 1. The highest BCUT2D eigenvalue weighted by Crippen LogP contribution is 2.35. The van der Waals surface area contributed by atoms with Crippen molar-refractivity contribution in [2.24, 2.45) is 0 Å². The lowest BCUT2D eigenvalue weighted by atomic mass is 10.00. The Morgan fingerprint density at radius 3 is 2.67 bits per heavy atom. The van der Waals surface area contributed by atoms with E-state index in [1.807, 2.05) is 0 Å². The quantitative estimate of drug-likeness (QED) is 0.901. The molecule has 21 heavy (non-hydrogen) atoms. The minimum Gasteiger partial charge on any atom is -0.393 e. The van der Waals surface area contributed by atoms with Crippen molar-refractivity contribution < 1.29 is 14.3 Å². The van der Waals surface area contributed by atoms with E-state index in [0.717, 1.165) is 25.7 Å². The highest BCUT2D eigenvalue weighted by molar-refractivity contribution is 6.33. The van der Waals surface area contributed by atoms with Gasteiger partial charge in [-0.2, -0.15) is 0 Å². The lowest BCUT2D eigenvalue weighted by Gasteiger charge is -2.36. The zero-order chi connectivity index (χ0) is 15.0. The fourth-order valence-electron chi connectivity index (χ4n) is 3.45. The summed E-state index contributed by atoms with van der Waals surface area (Å²) in [5.41, 5.74) is 0.424. The van der Waals surface area contributed by atoms with Gasteiger partial charge in [-0.3, -0.25) is 9.69 Å². The Labute approximate surface area is 127 Å². The summed E-state index contributed by atoms with van der Waals surface area (Å²) >= 11 is 5.90. The average molecular weight is 313 g/mol. The van der Waals surface area contributed by atoms with Gasteiger partial charge in [-0.25, -0.2) is 4.39 Å². The van der Waals surface area contributed by atoms with Crippen molar-refractivity contribution in [2.75, 3.05) is 11.9 Å². The molecule has 2 atom stereocenters. The van der Waals surface area contributed by atoms with Crippen LogP contribution in [0.2, 0.25) is 5.02 Å². The smallest absolute Gasteiger partial charge is 0.238 e. The molecule has 6 heteroatoms. The van der Waals surface area contributed by atoms with E-state index in [1.165, 1.54) is 18.2 Å². The van der Waals surface area contributed by atoms with Crippen LogP contribution in [0.4, 0.5) is 10.1 Å². The Morgan fingerprint density at radius 2 is 2.05 bits per heavy atom. The minimum atomic E-state index is -0.430. The average Bonchev–Trinajstić information content (AvgIpc) is 2.66. The molecule has 4 nitrogen and oxygen atoms in total. The molecule has 2 bridgehead atoms. The molecule has 2 heterocycles. The van der Waals surface area contributed by atoms with Crippen molar-refractivity contribution in [3.63, 3.8) is 0 Å². The molecule has 2 aliphatic heterocycles. The van der Waals surface area contributed by atoms with E-state index in [9.17, 15) is 14.3 Å². The largest absolute Gasteiger partial charge is 0.393 e. The van der Waals surface area contributed by atoms with Crippen molar-refractivity contribution in [3.05, 3.63) is 29.0 Å². The molecule has 2 saturated heterocycles. The molecule has 1 aromatic rings. The number of aliphatic hydroxyl groups excluding tert-OH is 1. The standard InChI is InChI=1S/C15H18ClFN2O2/c16-13-5-9(17)1-4-14(13)18-15(21)8-19-10-2-3-11(19)7-12(20)6-10/h1,4-5,10-12,20H,2-3,6-8H2,(H,18,21). The molecule has 2 aliphatic rings. The normalized spacial score (nSPS) is 28.6. The predicted octanol–water partition coefficient (Wildman–Crippen LogP) is 2.41. The Kier molecular flexibility index (Phi) is 4.15. The lowest BCUT2D eigenvalue weighted by molar-refractivity contribution is -0.119. The number of carbonyl (C=O) groups excluding carboxylic acids is 1. The summed E-state index contributed by atoms with van der Waals surface area (Å²) in [6, 6.07) is 4.48. The van der Waals surface area contributed by atoms with Gasteiger partial charge in [-0.05, 0) is 43.9 Å². The molecule has 114 valence electrons. The highest BCUT2D eigenvalue weighted by Gasteiger charge is 2.40. The van der Waals surface area contributed by atoms with E-state index in [4.69, 9.17) is 11.6 Å². The first-order valence-electron chi connectivity index (χ1n) is 7.21. The van der Waals surface area contributed by atoms with Gasteiger partial charge in [0.1, 0.15) is 5.82 Å². The van der Waals surface area contributed by atoms with Crippen LogP contribution in [0.25, 0.3) is 0 Å². The number of carbonyl (C=O) groups is 1. The zero-order valence-corrected chi connectivity index (χ0v) is 12.3. The van der Waals surface area contributed by atoms with Gasteiger partial charge in [-0.15, -0.1) is 0 Å². The van der Waals surface area contributed by atoms with Crippen LogP contribution in [-0.2, 0) is 4.79 Å². The van der Waals surface area contributed by atoms with Gasteiger partial charge in [0.2, 0.25) is 5.91 Å². The predicted molar refractivity (Wildman–Crippen MR) is 78.8 cm³/mol. The molecule has 0 radical (unpaired) electrons. The zero-order valence-electron chi connectivity index (χ0n) is 11.6. The molecule has 2 fully saturated rings. The monoisotopic (exact) mass is 312 g/mol. The number of nitrogens with one attached hydrogen (secondary N) is 1. The van der Waals surface area contributed by atoms with Crippen molar-refractivity contribution >= 4 is 23.2 Å². The SMILES string of the molecule is O=C(CN1C2CCC1CC(O)C2)Nc1ccc(F)cc1Cl. The van der Waals surface area contributed by atoms with Gasteiger partial charge in [0.25, 0.3) is 0 Å². The Balaban J connectivity index is 1.62. The van der Waals surface area contributed by atoms with Crippen LogP contribution in [-0.4, -0.2) is 40.6 Å². The highest BCUT2D eigenvalue weighted by atomic mass is 35.5. The number of aliphatic hydroxyl groups is 1. The molecule has 1 aromatic carbocycles. The summed E-state index contributed by atoms with van der Waals surface area (Å²) in [4.78, 5) is 14.3. The maximum Gasteiger partial charge on any atom is 0.238 e. The van der Waals surface area contributed by atoms with Crippen LogP contribution in [0.15, 0.2) is 18.2 Å². The molecule has 1 amide bonds. The van der Waals surface area contributed by atoms with Gasteiger partial charge >= 0.3 is 0 Å². The maximum atomic E-state index is 13.0. The molecule has 0 saturated carbocycles. The number of fused-ring (bicyclic) bond motifs is 2. The number of hydrogen-bond acceptors (Lipinski definition) is 3. The first kappa shape index (κ1) is 14.8. The first-order chi connectivity index (χ1) is 10.0. The van der Waals surface area contributed by atoms with E-state index in [0.29, 0.717) is 5.69 Å². The number of halogens is 2. The van der Waals surface area contributed by atoms with Crippen LogP contribution in [0.1, 0.15) is 25.7 Å². The molecule has 0 spiro atoms. The summed E-state index contributed by atoms with van der Waals surface area (Å²) in [7, 11) is 0. The van der Waals surface area contributed by atoms with E-state index >= 15 is 0 Å². The Morgan fingerprint density at radius 1 is 1.38 bits per heavy atom. The molecule has 2 N–H and O–H groups in total. The Hall–Kier alpha value is -1.17. The molecular weight excluding hydrogens is 295 g/mol. The van der Waals surface area contributed by atoms with Crippen molar-refractivity contribution in [2.45, 2.75) is 43.9 Å². The number of anilines is 1. The second-order valence-electron chi connectivity index (χ2n) is 5.85. The number of benzene rings is 1. The first-order valence-corrected chi connectivity index (χ1v) is 7.59. The number of piperidine rings is 1. The van der Waals surface area contributed by atoms with Crippen LogP contribution in [0, 0.1) is 5.82 Å². The molecule has 2 unspecified atom stereocenters. The molecule has 3 rings (SSSR count). The third kappa shape index (κ3) is 3.20. The summed E-state index contributed by atoms with van der Waals surface area (Å²) in [6.45, 7) is 0.287. The maximum absolute atomic E-state index is 13.0. The fraction of sp³-hybridized carbons (Fsp3) is 0.533. The third-order valence-corrected chi connectivity index (χ3v) is 4.70. The van der Waals surface area contributed by atoms with E-state index in [-0.39, 0.29) is 35.7 Å². The Bertz CT molecular complexity index is 540. The molecule has 0 aliphatic carbocycles. The van der Waals surface area contributed by atoms with E-state index in [2.05, 4.69) is 10.2 Å². The van der Waals surface area contributed by atoms with Crippen molar-refractivity contribution in [3.8, 4) is 0 Å². The van der Waals surface area contributed by atoms with Crippen molar-refractivity contribution in [1.82, 2.24) is 4.90 Å². The van der Waals surface area contributed by atoms with Gasteiger partial charge in [0, 0.05) is 12.1 Å². The second kappa shape index (κ2) is 5.91. The van der Waals surface area contributed by atoms with Gasteiger partial charge in [0.05, 0.1) is 23.4 Å². The topological polar surface area (TPSA) is 52.6 Å². The van der Waals surface area contributed by atoms with Crippen molar-refractivity contribution in [1.29, 1.82) is 0 Å². The summed E-state index contributed by atoms with van der Waals surface area (Å²) in [5, 5.41) is 12.7. The third-order valence-electron chi connectivity index (χ3n) is 4.39. The van der Waals surface area contributed by atoms with Crippen LogP contribution in [0.3, 0.4) is 0 Å². The number of rotatable bonds is 3. The summed E-state index contributed by atoms with van der Waals surface area (Å²) in [5.74, 6) is -0.585. The number of amides is 1. The van der Waals surface area contributed by atoms with Gasteiger partial charge in [0.15, 0.2) is 0 Å². The second-order valence-corrected chi connectivity index (χ2v) is 6.26. The summed E-state index contributed by atoms with van der Waals surface area (Å²) < 4.78 is 13.0. The minimum absolute atomic E-state index is 0.156.